The van der Waals surface area contributed by atoms with Crippen molar-refractivity contribution in [3.05, 3.63) is 46.3 Å². The first kappa shape index (κ1) is 16.5. The minimum atomic E-state index is -0.386. The minimum absolute atomic E-state index is 0.0538. The highest BCUT2D eigenvalue weighted by Gasteiger charge is 2.33. The van der Waals surface area contributed by atoms with Gasteiger partial charge in [-0.3, -0.25) is 9.69 Å². The van der Waals surface area contributed by atoms with Crippen LogP contribution in [0.1, 0.15) is 37.3 Å². The number of hydrogen-bond acceptors (Lipinski definition) is 2. The molecule has 1 aromatic carbocycles. The van der Waals surface area contributed by atoms with E-state index in [0.717, 1.165) is 43.4 Å². The zero-order chi connectivity index (χ0) is 16.4. The Morgan fingerprint density at radius 1 is 1.48 bits per heavy atom. The van der Waals surface area contributed by atoms with Gasteiger partial charge in [-0.25, -0.2) is 4.39 Å². The summed E-state index contributed by atoms with van der Waals surface area (Å²) in [5.74, 6) is -0.0482. The van der Waals surface area contributed by atoms with Crippen molar-refractivity contribution >= 4 is 17.5 Å². The third kappa shape index (κ3) is 3.59. The average molecular weight is 337 g/mol. The molecule has 1 aliphatic heterocycles. The van der Waals surface area contributed by atoms with Gasteiger partial charge in [0.1, 0.15) is 5.82 Å². The molecule has 0 spiro atoms. The van der Waals surface area contributed by atoms with Gasteiger partial charge in [0.15, 0.2) is 0 Å². The van der Waals surface area contributed by atoms with Crippen LogP contribution >= 0.6 is 11.6 Å². The van der Waals surface area contributed by atoms with Crippen molar-refractivity contribution in [1.29, 1.82) is 0 Å². The number of benzene rings is 1. The molecule has 3 rings (SSSR count). The predicted octanol–water partition coefficient (Wildman–Crippen LogP) is 3.70. The standard InChI is InChI=1S/C18H22ClFN2O/c1-22-9-8-14(11-21-18(23)12-4-2-3-5-12)17(22)13-6-7-15(19)16(20)10-13/h4,6-7,10,14,17H,2-3,5,8-9,11H2,1H3,(H,21,23). The smallest absolute Gasteiger partial charge is 0.246 e. The molecule has 0 bridgehead atoms. The maximum atomic E-state index is 13.8. The van der Waals surface area contributed by atoms with Crippen molar-refractivity contribution in [3.8, 4) is 0 Å². The van der Waals surface area contributed by atoms with Crippen LogP contribution in [0.4, 0.5) is 4.39 Å². The summed E-state index contributed by atoms with van der Waals surface area (Å²) in [5, 5.41) is 3.20. The van der Waals surface area contributed by atoms with Gasteiger partial charge in [-0.2, -0.15) is 0 Å². The molecular weight excluding hydrogens is 315 g/mol. The summed E-state index contributed by atoms with van der Waals surface area (Å²) in [6.45, 7) is 1.56. The van der Waals surface area contributed by atoms with Crippen LogP contribution in [0, 0.1) is 11.7 Å². The van der Waals surface area contributed by atoms with E-state index in [1.54, 1.807) is 6.07 Å². The molecule has 1 N–H and O–H groups in total. The fourth-order valence-electron chi connectivity index (χ4n) is 3.68. The van der Waals surface area contributed by atoms with Gasteiger partial charge in [-0.15, -0.1) is 0 Å². The van der Waals surface area contributed by atoms with Crippen LogP contribution in [0.25, 0.3) is 0 Å². The van der Waals surface area contributed by atoms with Crippen LogP contribution in [-0.4, -0.2) is 30.9 Å². The second-order valence-electron chi connectivity index (χ2n) is 6.48. The van der Waals surface area contributed by atoms with E-state index in [9.17, 15) is 9.18 Å². The third-order valence-electron chi connectivity index (χ3n) is 4.92. The average Bonchev–Trinajstić information content (AvgIpc) is 3.18. The van der Waals surface area contributed by atoms with Gasteiger partial charge in [0.05, 0.1) is 5.02 Å². The number of carbonyl (C=O) groups is 1. The van der Waals surface area contributed by atoms with Gasteiger partial charge >= 0.3 is 0 Å². The Kier molecular flexibility index (Phi) is 5.02. The molecule has 5 heteroatoms. The maximum Gasteiger partial charge on any atom is 0.246 e. The SMILES string of the molecule is CN1CCC(CNC(=O)C2=CCCC2)C1c1ccc(Cl)c(F)c1. The van der Waals surface area contributed by atoms with E-state index in [2.05, 4.69) is 10.2 Å². The molecule has 23 heavy (non-hydrogen) atoms. The zero-order valence-corrected chi connectivity index (χ0v) is 14.1. The summed E-state index contributed by atoms with van der Waals surface area (Å²) in [4.78, 5) is 14.4. The van der Waals surface area contributed by atoms with E-state index in [4.69, 9.17) is 11.6 Å². The second-order valence-corrected chi connectivity index (χ2v) is 6.89. The van der Waals surface area contributed by atoms with Crippen molar-refractivity contribution < 1.29 is 9.18 Å². The van der Waals surface area contributed by atoms with Gasteiger partial charge in [0, 0.05) is 18.2 Å². The van der Waals surface area contributed by atoms with Crippen molar-refractivity contribution in [2.45, 2.75) is 31.7 Å². The largest absolute Gasteiger partial charge is 0.352 e. The Hall–Kier alpha value is -1.39. The molecule has 0 aromatic heterocycles. The van der Waals surface area contributed by atoms with Gasteiger partial charge in [0.25, 0.3) is 0 Å². The molecule has 124 valence electrons. The van der Waals surface area contributed by atoms with Crippen LogP contribution in [0.3, 0.4) is 0 Å². The molecule has 1 aliphatic carbocycles. The lowest BCUT2D eigenvalue weighted by molar-refractivity contribution is -0.117. The summed E-state index contributed by atoms with van der Waals surface area (Å²) < 4.78 is 13.8. The number of nitrogens with one attached hydrogen (secondary N) is 1. The predicted molar refractivity (Wildman–Crippen MR) is 89.8 cm³/mol. The van der Waals surface area contributed by atoms with Crippen molar-refractivity contribution in [2.24, 2.45) is 5.92 Å². The van der Waals surface area contributed by atoms with Crippen molar-refractivity contribution in [3.63, 3.8) is 0 Å². The topological polar surface area (TPSA) is 32.3 Å². The molecule has 1 amide bonds. The lowest BCUT2D eigenvalue weighted by Gasteiger charge is -2.26. The lowest BCUT2D eigenvalue weighted by atomic mass is 9.93. The maximum absolute atomic E-state index is 13.8. The first-order valence-electron chi connectivity index (χ1n) is 8.18. The number of amides is 1. The van der Waals surface area contributed by atoms with Gasteiger partial charge in [-0.1, -0.05) is 23.7 Å². The molecule has 1 aromatic rings. The van der Waals surface area contributed by atoms with Crippen molar-refractivity contribution in [1.82, 2.24) is 10.2 Å². The van der Waals surface area contributed by atoms with Crippen molar-refractivity contribution in [2.75, 3.05) is 20.1 Å². The Morgan fingerprint density at radius 3 is 3.00 bits per heavy atom. The molecule has 1 fully saturated rings. The number of carbonyl (C=O) groups excluding carboxylic acids is 1. The molecule has 2 aliphatic rings. The van der Waals surface area contributed by atoms with Gasteiger partial charge in [0.2, 0.25) is 5.91 Å². The third-order valence-corrected chi connectivity index (χ3v) is 5.22. The highest BCUT2D eigenvalue weighted by Crippen LogP contribution is 2.36. The number of likely N-dealkylation sites (tertiary alicyclic amines) is 1. The molecule has 1 saturated heterocycles. The van der Waals surface area contributed by atoms with Gasteiger partial charge in [-0.05, 0) is 62.9 Å². The zero-order valence-electron chi connectivity index (χ0n) is 13.3. The number of allylic oxidation sites excluding steroid dienone is 1. The number of nitrogens with zero attached hydrogens (tertiary/aromatic N) is 1. The van der Waals surface area contributed by atoms with Crippen LogP contribution in [0.5, 0.6) is 0 Å². The van der Waals surface area contributed by atoms with Crippen LogP contribution < -0.4 is 5.32 Å². The summed E-state index contributed by atoms with van der Waals surface area (Å²) in [5.41, 5.74) is 1.83. The Morgan fingerprint density at radius 2 is 2.30 bits per heavy atom. The van der Waals surface area contributed by atoms with E-state index in [1.165, 1.54) is 6.07 Å². The monoisotopic (exact) mass is 336 g/mol. The number of rotatable bonds is 4. The second kappa shape index (κ2) is 7.02. The fraction of sp³-hybridized carbons (Fsp3) is 0.500. The fourth-order valence-corrected chi connectivity index (χ4v) is 3.79. The molecule has 2 atom stereocenters. The Labute approximate surface area is 141 Å². The summed E-state index contributed by atoms with van der Waals surface area (Å²) in [6, 6.07) is 5.12. The first-order chi connectivity index (χ1) is 11.1. The highest BCUT2D eigenvalue weighted by molar-refractivity contribution is 6.30. The lowest BCUT2D eigenvalue weighted by Crippen LogP contribution is -2.33. The van der Waals surface area contributed by atoms with Crippen LogP contribution in [0.15, 0.2) is 29.8 Å². The van der Waals surface area contributed by atoms with E-state index in [1.807, 2.05) is 19.2 Å². The minimum Gasteiger partial charge on any atom is -0.352 e. The van der Waals surface area contributed by atoms with Gasteiger partial charge < -0.3 is 5.32 Å². The molecule has 1 heterocycles. The quantitative estimate of drug-likeness (QED) is 0.909. The normalized spacial score (nSPS) is 24.7. The summed E-state index contributed by atoms with van der Waals surface area (Å²) >= 11 is 5.78. The molecule has 0 saturated carbocycles. The number of hydrogen-bond donors (Lipinski definition) is 1. The Balaban J connectivity index is 1.68. The van der Waals surface area contributed by atoms with E-state index < -0.39 is 0 Å². The Bertz CT molecular complexity index is 631. The molecular formula is C18H22ClFN2O. The van der Waals surface area contributed by atoms with Crippen LogP contribution in [-0.2, 0) is 4.79 Å². The van der Waals surface area contributed by atoms with E-state index in [-0.39, 0.29) is 28.7 Å². The molecule has 3 nitrogen and oxygen atoms in total. The van der Waals surface area contributed by atoms with E-state index >= 15 is 0 Å². The summed E-state index contributed by atoms with van der Waals surface area (Å²) in [7, 11) is 2.04. The first-order valence-corrected chi connectivity index (χ1v) is 8.56. The summed E-state index contributed by atoms with van der Waals surface area (Å²) in [6.07, 6.45) is 5.97. The highest BCUT2D eigenvalue weighted by atomic mass is 35.5. The molecule has 0 radical (unpaired) electrons. The molecule has 2 unspecified atom stereocenters. The van der Waals surface area contributed by atoms with E-state index in [0.29, 0.717) is 6.54 Å². The number of halogens is 2. The van der Waals surface area contributed by atoms with Crippen LogP contribution in [0.2, 0.25) is 5.02 Å².